The van der Waals surface area contributed by atoms with Crippen LogP contribution in [-0.4, -0.2) is 26.8 Å². The van der Waals surface area contributed by atoms with Gasteiger partial charge in [-0.25, -0.2) is 0 Å². The quantitative estimate of drug-likeness (QED) is 0.893. The van der Waals surface area contributed by atoms with E-state index in [-0.39, 0.29) is 11.6 Å². The van der Waals surface area contributed by atoms with Crippen LogP contribution in [-0.2, 0) is 10.3 Å². The molecule has 0 atom stereocenters. The summed E-state index contributed by atoms with van der Waals surface area (Å²) in [7, 11) is 0. The van der Waals surface area contributed by atoms with Gasteiger partial charge in [-0.15, -0.1) is 0 Å². The van der Waals surface area contributed by atoms with E-state index in [1.165, 1.54) is 6.20 Å². The zero-order valence-electron chi connectivity index (χ0n) is 10.5. The summed E-state index contributed by atoms with van der Waals surface area (Å²) < 4.78 is 10.7. The summed E-state index contributed by atoms with van der Waals surface area (Å²) in [6, 6.07) is 1.61. The highest BCUT2D eigenvalue weighted by Gasteiger charge is 2.27. The number of nitrogens with zero attached hydrogens (tertiary/aromatic N) is 3. The lowest BCUT2D eigenvalue weighted by Gasteiger charge is -2.19. The molecular weight excluding hydrogens is 234 g/mol. The van der Waals surface area contributed by atoms with Gasteiger partial charge in [0.05, 0.1) is 11.8 Å². The standard InChI is InChI=1S/C12H15N3O3/c1-4-17-12(2,3)11-14-10(18-15-11)8-5-6-13-7-9(8)16/h5-7,16H,4H2,1-3H3. The molecule has 6 nitrogen and oxygen atoms in total. The number of hydrogen-bond acceptors (Lipinski definition) is 6. The van der Waals surface area contributed by atoms with Crippen LogP contribution in [0.15, 0.2) is 23.0 Å². The highest BCUT2D eigenvalue weighted by Crippen LogP contribution is 2.29. The van der Waals surface area contributed by atoms with Crippen LogP contribution in [0.2, 0.25) is 0 Å². The van der Waals surface area contributed by atoms with Crippen molar-refractivity contribution in [2.24, 2.45) is 0 Å². The smallest absolute Gasteiger partial charge is 0.261 e. The molecule has 0 unspecified atom stereocenters. The summed E-state index contributed by atoms with van der Waals surface area (Å²) >= 11 is 0. The number of pyridine rings is 1. The average molecular weight is 249 g/mol. The number of rotatable bonds is 4. The van der Waals surface area contributed by atoms with Crippen LogP contribution in [0.4, 0.5) is 0 Å². The fourth-order valence-electron chi connectivity index (χ4n) is 1.57. The van der Waals surface area contributed by atoms with E-state index in [9.17, 15) is 5.11 Å². The Morgan fingerprint density at radius 2 is 2.22 bits per heavy atom. The molecule has 96 valence electrons. The van der Waals surface area contributed by atoms with E-state index in [1.54, 1.807) is 12.3 Å². The summed E-state index contributed by atoms with van der Waals surface area (Å²) in [4.78, 5) is 8.03. The first-order chi connectivity index (χ1) is 8.54. The lowest BCUT2D eigenvalue weighted by atomic mass is 10.1. The van der Waals surface area contributed by atoms with E-state index in [0.29, 0.717) is 18.0 Å². The number of aromatic hydroxyl groups is 1. The number of ether oxygens (including phenoxy) is 1. The molecule has 2 rings (SSSR count). The van der Waals surface area contributed by atoms with Gasteiger partial charge in [0.25, 0.3) is 5.89 Å². The minimum atomic E-state index is -0.626. The topological polar surface area (TPSA) is 81.3 Å². The van der Waals surface area contributed by atoms with E-state index in [0.717, 1.165) is 0 Å². The van der Waals surface area contributed by atoms with Crippen LogP contribution in [0.1, 0.15) is 26.6 Å². The van der Waals surface area contributed by atoms with Gasteiger partial charge < -0.3 is 14.4 Å². The maximum absolute atomic E-state index is 9.66. The van der Waals surface area contributed by atoms with Crippen molar-refractivity contribution in [1.29, 1.82) is 0 Å². The Hall–Kier alpha value is -1.95. The fourth-order valence-corrected chi connectivity index (χ4v) is 1.57. The van der Waals surface area contributed by atoms with Crippen molar-refractivity contribution in [3.63, 3.8) is 0 Å². The first kappa shape index (κ1) is 12.5. The Morgan fingerprint density at radius 1 is 1.44 bits per heavy atom. The Morgan fingerprint density at radius 3 is 2.89 bits per heavy atom. The van der Waals surface area contributed by atoms with Gasteiger partial charge in [-0.05, 0) is 26.8 Å². The molecule has 6 heteroatoms. The second kappa shape index (κ2) is 4.73. The van der Waals surface area contributed by atoms with Gasteiger partial charge in [-0.2, -0.15) is 4.98 Å². The van der Waals surface area contributed by atoms with Crippen molar-refractivity contribution in [3.8, 4) is 17.2 Å². The first-order valence-corrected chi connectivity index (χ1v) is 5.66. The summed E-state index contributed by atoms with van der Waals surface area (Å²) in [5, 5.41) is 13.5. The summed E-state index contributed by atoms with van der Waals surface area (Å²) in [5.74, 6) is 0.690. The van der Waals surface area contributed by atoms with Gasteiger partial charge in [0.1, 0.15) is 11.4 Å². The van der Waals surface area contributed by atoms with Gasteiger partial charge in [0, 0.05) is 12.8 Å². The molecule has 2 heterocycles. The van der Waals surface area contributed by atoms with Crippen LogP contribution in [0.5, 0.6) is 5.75 Å². The van der Waals surface area contributed by atoms with Crippen molar-refractivity contribution in [1.82, 2.24) is 15.1 Å². The van der Waals surface area contributed by atoms with E-state index >= 15 is 0 Å². The maximum Gasteiger partial charge on any atom is 0.261 e. The summed E-state index contributed by atoms with van der Waals surface area (Å²) in [6.07, 6.45) is 2.87. The van der Waals surface area contributed by atoms with Crippen molar-refractivity contribution >= 4 is 0 Å². The molecule has 0 fully saturated rings. The Kier molecular flexibility index (Phi) is 3.29. The lowest BCUT2D eigenvalue weighted by molar-refractivity contribution is -0.0221. The molecule has 1 N–H and O–H groups in total. The highest BCUT2D eigenvalue weighted by molar-refractivity contribution is 5.60. The monoisotopic (exact) mass is 249 g/mol. The van der Waals surface area contributed by atoms with Gasteiger partial charge in [-0.3, -0.25) is 4.98 Å². The SMILES string of the molecule is CCOC(C)(C)c1noc(-c2ccncc2O)n1. The Bertz CT molecular complexity index is 537. The van der Waals surface area contributed by atoms with Crippen LogP contribution in [0.3, 0.4) is 0 Å². The van der Waals surface area contributed by atoms with E-state index in [1.807, 2.05) is 20.8 Å². The lowest BCUT2D eigenvalue weighted by Crippen LogP contribution is -2.23. The molecule has 0 saturated carbocycles. The molecule has 0 radical (unpaired) electrons. The largest absolute Gasteiger partial charge is 0.505 e. The van der Waals surface area contributed by atoms with Gasteiger partial charge in [0.2, 0.25) is 5.82 Å². The number of hydrogen-bond donors (Lipinski definition) is 1. The maximum atomic E-state index is 9.66. The zero-order chi connectivity index (χ0) is 13.2. The van der Waals surface area contributed by atoms with Crippen LogP contribution < -0.4 is 0 Å². The van der Waals surface area contributed by atoms with Crippen molar-refractivity contribution in [2.45, 2.75) is 26.4 Å². The van der Waals surface area contributed by atoms with Crippen LogP contribution >= 0.6 is 0 Å². The molecule has 0 amide bonds. The van der Waals surface area contributed by atoms with E-state index in [4.69, 9.17) is 9.26 Å². The molecule has 18 heavy (non-hydrogen) atoms. The molecule has 2 aromatic heterocycles. The Balaban J connectivity index is 2.34. The third-order valence-electron chi connectivity index (χ3n) is 2.50. The molecule has 0 saturated heterocycles. The fraction of sp³-hybridized carbons (Fsp3) is 0.417. The summed E-state index contributed by atoms with van der Waals surface area (Å²) in [6.45, 7) is 6.17. The molecule has 0 aliphatic carbocycles. The van der Waals surface area contributed by atoms with Crippen molar-refractivity contribution < 1.29 is 14.4 Å². The van der Waals surface area contributed by atoms with E-state index in [2.05, 4.69) is 15.1 Å². The second-order valence-electron chi connectivity index (χ2n) is 4.26. The van der Waals surface area contributed by atoms with Crippen LogP contribution in [0.25, 0.3) is 11.5 Å². The molecule has 0 aliphatic rings. The average Bonchev–Trinajstić information content (AvgIpc) is 2.79. The summed E-state index contributed by atoms with van der Waals surface area (Å²) in [5.41, 5.74) is -0.171. The molecule has 0 spiro atoms. The normalized spacial score (nSPS) is 11.7. The van der Waals surface area contributed by atoms with Gasteiger partial charge in [-0.1, -0.05) is 5.16 Å². The molecule has 0 bridgehead atoms. The highest BCUT2D eigenvalue weighted by atomic mass is 16.5. The second-order valence-corrected chi connectivity index (χ2v) is 4.26. The van der Waals surface area contributed by atoms with Crippen molar-refractivity contribution in [2.75, 3.05) is 6.61 Å². The molecule has 0 aromatic carbocycles. The Labute approximate surface area is 105 Å². The van der Waals surface area contributed by atoms with Crippen molar-refractivity contribution in [3.05, 3.63) is 24.3 Å². The minimum absolute atomic E-state index is 0.00177. The third-order valence-corrected chi connectivity index (χ3v) is 2.50. The predicted octanol–water partition coefficient (Wildman–Crippen LogP) is 2.11. The third kappa shape index (κ3) is 2.33. The first-order valence-electron chi connectivity index (χ1n) is 5.66. The molecule has 2 aromatic rings. The molecular formula is C12H15N3O3. The van der Waals surface area contributed by atoms with Gasteiger partial charge in [0.15, 0.2) is 0 Å². The predicted molar refractivity (Wildman–Crippen MR) is 63.8 cm³/mol. The minimum Gasteiger partial charge on any atom is -0.505 e. The zero-order valence-corrected chi connectivity index (χ0v) is 10.5. The van der Waals surface area contributed by atoms with Gasteiger partial charge >= 0.3 is 0 Å². The molecule has 0 aliphatic heterocycles. The number of aromatic nitrogens is 3. The van der Waals surface area contributed by atoms with E-state index < -0.39 is 5.60 Å². The van der Waals surface area contributed by atoms with Crippen LogP contribution in [0, 0.1) is 0 Å².